The second-order valence-corrected chi connectivity index (χ2v) is 4.03. The van der Waals surface area contributed by atoms with Gasteiger partial charge in [-0.3, -0.25) is 0 Å². The van der Waals surface area contributed by atoms with Gasteiger partial charge in [-0.1, -0.05) is 13.3 Å². The van der Waals surface area contributed by atoms with E-state index in [1.807, 2.05) is 6.92 Å². The average molecular weight is 293 g/mol. The van der Waals surface area contributed by atoms with Crippen molar-refractivity contribution < 1.29 is 35.3 Å². The van der Waals surface area contributed by atoms with Crippen LogP contribution in [0.5, 0.6) is 0 Å². The molecule has 1 aromatic heterocycles. The molecule has 0 aliphatic heterocycles. The summed E-state index contributed by atoms with van der Waals surface area (Å²) in [5.41, 5.74) is 0. The lowest BCUT2D eigenvalue weighted by atomic mass is 10.2. The number of hydrogen-bond acceptors (Lipinski definition) is 0. The number of unbranched alkanes of at least 4 members (excludes halogenated alkanes) is 1. The fourth-order valence-electron chi connectivity index (χ4n) is 1.37. The van der Waals surface area contributed by atoms with E-state index in [1.54, 1.807) is 0 Å². The minimum Gasteiger partial charge on any atom is -0.237 e. The molecular formula is C10H12F7N2+. The van der Waals surface area contributed by atoms with Crippen LogP contribution in [0.4, 0.5) is 30.7 Å². The number of imidazole rings is 1. The summed E-state index contributed by atoms with van der Waals surface area (Å²) in [5.74, 6) is -6.14. The van der Waals surface area contributed by atoms with E-state index in [-0.39, 0.29) is 6.54 Å². The second kappa shape index (κ2) is 5.01. The molecule has 0 spiro atoms. The standard InChI is InChI=1S/C10H12F7N2/c1-2-3-4-18-5-6-19(7-18)10(16,17)8(11,12)9(13,14)15/h5-7H,2-4H2,1H3/q+1. The van der Waals surface area contributed by atoms with Crippen LogP contribution in [0.1, 0.15) is 19.8 Å². The zero-order valence-corrected chi connectivity index (χ0v) is 9.89. The molecule has 0 N–H and O–H groups in total. The minimum atomic E-state index is -6.32. The third-order valence-electron chi connectivity index (χ3n) is 2.52. The van der Waals surface area contributed by atoms with Crippen molar-refractivity contribution in [2.24, 2.45) is 0 Å². The number of aryl methyl sites for hydroxylation is 1. The highest BCUT2D eigenvalue weighted by atomic mass is 19.4. The van der Waals surface area contributed by atoms with E-state index < -0.39 is 22.7 Å². The molecule has 0 aromatic carbocycles. The Labute approximate surface area is 104 Å². The van der Waals surface area contributed by atoms with Crippen molar-refractivity contribution >= 4 is 0 Å². The fourth-order valence-corrected chi connectivity index (χ4v) is 1.37. The molecular weight excluding hydrogens is 281 g/mol. The Balaban J connectivity index is 3.03. The van der Waals surface area contributed by atoms with Crippen molar-refractivity contribution in [1.82, 2.24) is 4.57 Å². The van der Waals surface area contributed by atoms with Gasteiger partial charge in [-0.2, -0.15) is 35.3 Å². The summed E-state index contributed by atoms with van der Waals surface area (Å²) in [6, 6.07) is -5.37. The van der Waals surface area contributed by atoms with Crippen LogP contribution in [0, 0.1) is 0 Å². The third kappa shape index (κ3) is 2.84. The quantitative estimate of drug-likeness (QED) is 0.582. The van der Waals surface area contributed by atoms with Gasteiger partial charge < -0.3 is 0 Å². The highest BCUT2D eigenvalue weighted by Gasteiger charge is 2.77. The maximum atomic E-state index is 13.2. The van der Waals surface area contributed by atoms with Gasteiger partial charge in [-0.15, -0.1) is 0 Å². The van der Waals surface area contributed by atoms with Crippen molar-refractivity contribution in [3.63, 3.8) is 0 Å². The third-order valence-corrected chi connectivity index (χ3v) is 2.52. The van der Waals surface area contributed by atoms with Crippen LogP contribution >= 0.6 is 0 Å². The summed E-state index contributed by atoms with van der Waals surface area (Å²) >= 11 is 0. The summed E-state index contributed by atoms with van der Waals surface area (Å²) in [4.78, 5) is 0. The molecule has 1 aromatic rings. The van der Waals surface area contributed by atoms with E-state index in [2.05, 4.69) is 0 Å². The van der Waals surface area contributed by atoms with E-state index in [0.717, 1.165) is 17.2 Å². The molecule has 1 heterocycles. The predicted molar refractivity (Wildman–Crippen MR) is 50.7 cm³/mol. The Bertz CT molecular complexity index is 422. The van der Waals surface area contributed by atoms with Crippen LogP contribution in [-0.4, -0.2) is 16.7 Å². The summed E-state index contributed by atoms with van der Waals surface area (Å²) in [6.07, 6.45) is -2.95. The van der Waals surface area contributed by atoms with Crippen LogP contribution in [0.15, 0.2) is 18.7 Å². The molecule has 2 nitrogen and oxygen atoms in total. The number of rotatable bonds is 5. The van der Waals surface area contributed by atoms with E-state index in [4.69, 9.17) is 0 Å². The van der Waals surface area contributed by atoms with Crippen molar-refractivity contribution in [2.75, 3.05) is 0 Å². The van der Waals surface area contributed by atoms with Crippen LogP contribution in [0.3, 0.4) is 0 Å². The Morgan fingerprint density at radius 1 is 1.05 bits per heavy atom. The summed E-state index contributed by atoms with van der Waals surface area (Å²) in [6.45, 7) is 2.08. The van der Waals surface area contributed by atoms with Gasteiger partial charge in [0.05, 0.1) is 6.54 Å². The molecule has 0 saturated heterocycles. The van der Waals surface area contributed by atoms with Gasteiger partial charge in [-0.25, -0.2) is 4.57 Å². The van der Waals surface area contributed by atoms with Crippen molar-refractivity contribution in [3.05, 3.63) is 18.7 Å². The number of nitrogens with zero attached hydrogens (tertiary/aromatic N) is 2. The Hall–Kier alpha value is -1.28. The molecule has 0 aliphatic carbocycles. The lowest BCUT2D eigenvalue weighted by molar-refractivity contribution is -0.697. The minimum absolute atomic E-state index is 0.261. The largest absolute Gasteiger partial charge is 0.472 e. The Morgan fingerprint density at radius 2 is 1.63 bits per heavy atom. The monoisotopic (exact) mass is 293 g/mol. The number of aromatic nitrogens is 2. The maximum absolute atomic E-state index is 13.2. The van der Waals surface area contributed by atoms with Crippen molar-refractivity contribution in [1.29, 1.82) is 0 Å². The lowest BCUT2D eigenvalue weighted by Crippen LogP contribution is -2.53. The smallest absolute Gasteiger partial charge is 0.237 e. The highest BCUT2D eigenvalue weighted by Crippen LogP contribution is 2.48. The number of hydrogen-bond donors (Lipinski definition) is 0. The van der Waals surface area contributed by atoms with Crippen LogP contribution in [-0.2, 0) is 12.6 Å². The summed E-state index contributed by atoms with van der Waals surface area (Å²) in [5, 5.41) is 0. The molecule has 0 saturated carbocycles. The van der Waals surface area contributed by atoms with Gasteiger partial charge in [0, 0.05) is 0 Å². The van der Waals surface area contributed by atoms with E-state index in [9.17, 15) is 30.7 Å². The molecule has 0 fully saturated rings. The zero-order chi connectivity index (χ0) is 14.9. The van der Waals surface area contributed by atoms with Gasteiger partial charge in [0.1, 0.15) is 12.4 Å². The summed E-state index contributed by atoms with van der Waals surface area (Å²) < 4.78 is 88.6. The normalized spacial score (nSPS) is 13.9. The van der Waals surface area contributed by atoms with Crippen molar-refractivity contribution in [3.8, 4) is 0 Å². The predicted octanol–water partition coefficient (Wildman–Crippen LogP) is 3.32. The van der Waals surface area contributed by atoms with Gasteiger partial charge in [0.15, 0.2) is 0 Å². The first-order valence-corrected chi connectivity index (χ1v) is 5.44. The van der Waals surface area contributed by atoms with E-state index >= 15 is 0 Å². The van der Waals surface area contributed by atoms with Crippen LogP contribution in [0.2, 0.25) is 0 Å². The Morgan fingerprint density at radius 3 is 2.11 bits per heavy atom. The van der Waals surface area contributed by atoms with Gasteiger partial charge in [0.25, 0.3) is 0 Å². The zero-order valence-electron chi connectivity index (χ0n) is 9.89. The molecule has 1 rings (SSSR count). The average Bonchev–Trinajstić information content (AvgIpc) is 2.73. The lowest BCUT2D eigenvalue weighted by Gasteiger charge is -2.24. The molecule has 0 bridgehead atoms. The molecule has 0 radical (unpaired) electrons. The molecule has 19 heavy (non-hydrogen) atoms. The van der Waals surface area contributed by atoms with Crippen LogP contribution < -0.4 is 4.57 Å². The first-order valence-electron chi connectivity index (χ1n) is 5.44. The van der Waals surface area contributed by atoms with Crippen LogP contribution in [0.25, 0.3) is 0 Å². The first kappa shape index (κ1) is 15.8. The fraction of sp³-hybridized carbons (Fsp3) is 0.700. The topological polar surface area (TPSA) is 8.81 Å². The molecule has 0 aliphatic rings. The van der Waals surface area contributed by atoms with E-state index in [1.165, 1.54) is 0 Å². The molecule has 0 unspecified atom stereocenters. The maximum Gasteiger partial charge on any atom is 0.472 e. The van der Waals surface area contributed by atoms with Gasteiger partial charge in [-0.05, 0) is 6.42 Å². The number of halogens is 7. The number of alkyl halides is 7. The molecule has 9 heteroatoms. The van der Waals surface area contributed by atoms with Crippen molar-refractivity contribution in [2.45, 2.75) is 44.5 Å². The highest BCUT2D eigenvalue weighted by molar-refractivity contribution is 4.90. The SMILES string of the molecule is CCCC[n+]1ccn(C(F)(F)C(F)(F)C(F)(F)F)c1. The second-order valence-electron chi connectivity index (χ2n) is 4.03. The molecule has 0 amide bonds. The summed E-state index contributed by atoms with van der Waals surface area (Å²) in [7, 11) is 0. The van der Waals surface area contributed by atoms with Gasteiger partial charge >= 0.3 is 18.1 Å². The van der Waals surface area contributed by atoms with E-state index in [0.29, 0.717) is 18.9 Å². The first-order chi connectivity index (χ1) is 8.54. The molecule has 0 atom stereocenters. The molecule has 110 valence electrons. The Kier molecular flexibility index (Phi) is 4.16. The van der Waals surface area contributed by atoms with Gasteiger partial charge in [0.2, 0.25) is 6.33 Å².